The Morgan fingerprint density at radius 2 is 1.44 bits per heavy atom. The molecule has 0 aliphatic carbocycles. The molecule has 0 aliphatic heterocycles. The molecule has 0 unspecified atom stereocenters. The van der Waals surface area contributed by atoms with Crippen LogP contribution in [0.25, 0.3) is 0 Å². The molecule has 0 radical (unpaired) electrons. The van der Waals surface area contributed by atoms with Crippen LogP contribution in [0.15, 0.2) is 78.9 Å². The van der Waals surface area contributed by atoms with Crippen LogP contribution in [0.5, 0.6) is 0 Å². The highest BCUT2D eigenvalue weighted by Gasteiger charge is 2.30. The Balaban J connectivity index is 1.85. The topological polar surface area (TPSA) is 49.4 Å². The van der Waals surface area contributed by atoms with Crippen LogP contribution in [0.3, 0.4) is 0 Å². The van der Waals surface area contributed by atoms with Crippen molar-refractivity contribution in [3.05, 3.63) is 107 Å². The quantitative estimate of drug-likeness (QED) is 0.300. The summed E-state index contributed by atoms with van der Waals surface area (Å²) in [6, 6.07) is 26.1. The molecule has 0 aliphatic rings. The summed E-state index contributed by atoms with van der Waals surface area (Å²) in [7, 11) is 0. The lowest BCUT2D eigenvalue weighted by molar-refractivity contribution is -0.141. The third-order valence-electron chi connectivity index (χ3n) is 6.63. The molecular formula is C32H40N2O2. The molecule has 1 atom stereocenters. The third-order valence-corrected chi connectivity index (χ3v) is 6.63. The molecule has 4 nitrogen and oxygen atoms in total. The second-order valence-corrected chi connectivity index (χ2v) is 9.53. The molecule has 3 aromatic rings. The number of hydrogen-bond donors (Lipinski definition) is 1. The molecule has 3 aromatic carbocycles. The third kappa shape index (κ3) is 8.37. The van der Waals surface area contributed by atoms with Crippen LogP contribution in [-0.2, 0) is 35.4 Å². The monoisotopic (exact) mass is 484 g/mol. The average molecular weight is 485 g/mol. The molecular weight excluding hydrogens is 444 g/mol. The molecule has 4 heteroatoms. The second kappa shape index (κ2) is 14.2. The van der Waals surface area contributed by atoms with E-state index in [-0.39, 0.29) is 11.8 Å². The first-order chi connectivity index (χ1) is 17.5. The molecule has 0 heterocycles. The number of benzene rings is 3. The summed E-state index contributed by atoms with van der Waals surface area (Å²) in [5.74, 6) is -0.0817. The number of nitrogens with zero attached hydrogens (tertiary/aromatic N) is 1. The number of rotatable bonds is 13. The van der Waals surface area contributed by atoms with Gasteiger partial charge in [0.25, 0.3) is 0 Å². The maximum atomic E-state index is 13.7. The van der Waals surface area contributed by atoms with Gasteiger partial charge >= 0.3 is 0 Å². The maximum absolute atomic E-state index is 13.7. The fourth-order valence-electron chi connectivity index (χ4n) is 4.29. The first kappa shape index (κ1) is 27.2. The van der Waals surface area contributed by atoms with Gasteiger partial charge in [0.15, 0.2) is 0 Å². The van der Waals surface area contributed by atoms with E-state index in [1.807, 2.05) is 42.5 Å². The largest absolute Gasteiger partial charge is 0.354 e. The summed E-state index contributed by atoms with van der Waals surface area (Å²) in [6.07, 6.45) is 4.43. The molecule has 0 bridgehead atoms. The Labute approximate surface area is 216 Å². The van der Waals surface area contributed by atoms with E-state index in [2.05, 4.69) is 62.5 Å². The Bertz CT molecular complexity index is 1080. The van der Waals surface area contributed by atoms with Gasteiger partial charge in [-0.3, -0.25) is 9.59 Å². The van der Waals surface area contributed by atoms with Gasteiger partial charge in [-0.2, -0.15) is 0 Å². The number of carbonyl (C=O) groups is 2. The van der Waals surface area contributed by atoms with Crippen LogP contribution in [-0.4, -0.2) is 29.3 Å². The molecule has 36 heavy (non-hydrogen) atoms. The number of unbranched alkanes of at least 4 members (excludes halogenated alkanes) is 1. The van der Waals surface area contributed by atoms with Crippen molar-refractivity contribution in [3.63, 3.8) is 0 Å². The van der Waals surface area contributed by atoms with E-state index in [1.54, 1.807) is 4.90 Å². The predicted octanol–water partition coefficient (Wildman–Crippen LogP) is 6.05. The lowest BCUT2D eigenvalue weighted by Crippen LogP contribution is -2.50. The number of aryl methyl sites for hydroxylation is 3. The zero-order chi connectivity index (χ0) is 25.8. The minimum absolute atomic E-state index is 0.00159. The van der Waals surface area contributed by atoms with E-state index in [9.17, 15) is 9.59 Å². The summed E-state index contributed by atoms with van der Waals surface area (Å²) in [5, 5.41) is 3.09. The van der Waals surface area contributed by atoms with Crippen LogP contribution in [0, 0.1) is 6.92 Å². The van der Waals surface area contributed by atoms with Crippen molar-refractivity contribution in [2.24, 2.45) is 0 Å². The van der Waals surface area contributed by atoms with Gasteiger partial charge in [-0.25, -0.2) is 0 Å². The van der Waals surface area contributed by atoms with Gasteiger partial charge in [-0.15, -0.1) is 0 Å². The van der Waals surface area contributed by atoms with Crippen molar-refractivity contribution >= 4 is 11.8 Å². The molecule has 190 valence electrons. The summed E-state index contributed by atoms with van der Waals surface area (Å²) in [6.45, 7) is 7.33. The second-order valence-electron chi connectivity index (χ2n) is 9.53. The van der Waals surface area contributed by atoms with Crippen molar-refractivity contribution < 1.29 is 9.59 Å². The lowest BCUT2D eigenvalue weighted by atomic mass is 10.0. The average Bonchev–Trinajstić information content (AvgIpc) is 2.91. The van der Waals surface area contributed by atoms with Crippen molar-refractivity contribution in [2.75, 3.05) is 6.54 Å². The van der Waals surface area contributed by atoms with Gasteiger partial charge in [0.05, 0.1) is 0 Å². The van der Waals surface area contributed by atoms with Crippen molar-refractivity contribution in [1.82, 2.24) is 10.2 Å². The highest BCUT2D eigenvalue weighted by atomic mass is 16.2. The van der Waals surface area contributed by atoms with Crippen molar-refractivity contribution in [1.29, 1.82) is 0 Å². The summed E-state index contributed by atoms with van der Waals surface area (Å²) >= 11 is 0. The van der Waals surface area contributed by atoms with Crippen molar-refractivity contribution in [2.45, 2.75) is 71.9 Å². The minimum Gasteiger partial charge on any atom is -0.354 e. The smallest absolute Gasteiger partial charge is 0.243 e. The van der Waals surface area contributed by atoms with Crippen LogP contribution < -0.4 is 5.32 Å². The van der Waals surface area contributed by atoms with Crippen LogP contribution in [0.2, 0.25) is 0 Å². The number of carbonyl (C=O) groups excluding carboxylic acids is 2. The molecule has 0 saturated carbocycles. The molecule has 0 spiro atoms. The molecule has 1 N–H and O–H groups in total. The lowest BCUT2D eigenvalue weighted by Gasteiger charge is -2.32. The van der Waals surface area contributed by atoms with Gasteiger partial charge in [-0.05, 0) is 48.4 Å². The molecule has 3 rings (SSSR count). The van der Waals surface area contributed by atoms with Gasteiger partial charge in [-0.1, -0.05) is 105 Å². The zero-order valence-electron chi connectivity index (χ0n) is 22.0. The van der Waals surface area contributed by atoms with Gasteiger partial charge in [0.2, 0.25) is 11.8 Å². The number of hydrogen-bond acceptors (Lipinski definition) is 2. The van der Waals surface area contributed by atoms with E-state index in [4.69, 9.17) is 0 Å². The van der Waals surface area contributed by atoms with Crippen LogP contribution in [0.1, 0.15) is 60.9 Å². The maximum Gasteiger partial charge on any atom is 0.243 e. The van der Waals surface area contributed by atoms with Crippen molar-refractivity contribution in [3.8, 4) is 0 Å². The SMILES string of the molecule is CCCCNC(=O)[C@H](Cc1ccccc1)N(Cc1ccc(C)cc1)C(=O)CCc1ccc(CC)cc1. The fourth-order valence-corrected chi connectivity index (χ4v) is 4.29. The summed E-state index contributed by atoms with van der Waals surface area (Å²) < 4.78 is 0. The Morgan fingerprint density at radius 1 is 0.806 bits per heavy atom. The minimum atomic E-state index is -0.569. The van der Waals surface area contributed by atoms with Gasteiger partial charge in [0, 0.05) is 25.9 Å². The zero-order valence-corrected chi connectivity index (χ0v) is 22.0. The van der Waals surface area contributed by atoms with Gasteiger partial charge in [0.1, 0.15) is 6.04 Å². The fraction of sp³-hybridized carbons (Fsp3) is 0.375. The molecule has 0 aromatic heterocycles. The molecule has 0 saturated heterocycles. The molecule has 0 fully saturated rings. The van der Waals surface area contributed by atoms with E-state index >= 15 is 0 Å². The highest BCUT2D eigenvalue weighted by molar-refractivity contribution is 5.88. The van der Waals surface area contributed by atoms with E-state index in [1.165, 1.54) is 11.1 Å². The van der Waals surface area contributed by atoms with E-state index in [0.717, 1.165) is 36.0 Å². The Hall–Kier alpha value is -3.40. The normalized spacial score (nSPS) is 11.6. The van der Waals surface area contributed by atoms with Crippen LogP contribution >= 0.6 is 0 Å². The summed E-state index contributed by atoms with van der Waals surface area (Å²) in [4.78, 5) is 29.0. The summed E-state index contributed by atoms with van der Waals surface area (Å²) in [5.41, 5.74) is 5.68. The predicted molar refractivity (Wildman–Crippen MR) is 148 cm³/mol. The Morgan fingerprint density at radius 3 is 2.08 bits per heavy atom. The number of nitrogens with one attached hydrogen (secondary N) is 1. The van der Waals surface area contributed by atoms with E-state index < -0.39 is 6.04 Å². The van der Waals surface area contributed by atoms with E-state index in [0.29, 0.717) is 32.4 Å². The van der Waals surface area contributed by atoms with Gasteiger partial charge < -0.3 is 10.2 Å². The highest BCUT2D eigenvalue weighted by Crippen LogP contribution is 2.18. The molecule has 2 amide bonds. The first-order valence-corrected chi connectivity index (χ1v) is 13.2. The Kier molecular flexibility index (Phi) is 10.7. The number of amides is 2. The van der Waals surface area contributed by atoms with Crippen LogP contribution in [0.4, 0.5) is 0 Å². The first-order valence-electron chi connectivity index (χ1n) is 13.2. The standard InChI is InChI=1S/C32H40N2O2/c1-4-6-22-33-32(36)30(23-28-10-8-7-9-11-28)34(24-29-14-12-25(3)13-15-29)31(35)21-20-27-18-16-26(5-2)17-19-27/h7-19,30H,4-6,20-24H2,1-3H3,(H,33,36)/t30-/m0/s1.